The van der Waals surface area contributed by atoms with E-state index in [-0.39, 0.29) is 23.0 Å². The number of hydrogen-bond acceptors (Lipinski definition) is 4. The van der Waals surface area contributed by atoms with Gasteiger partial charge in [-0.25, -0.2) is 4.39 Å². The first kappa shape index (κ1) is 16.6. The summed E-state index contributed by atoms with van der Waals surface area (Å²) >= 11 is 5.71. The SMILES string of the molecule is O=C(N[C@@H]1CC[C@@H](N2CCOCC2)[C@@H]1O)c1ccc(F)c(Cl)c1. The van der Waals surface area contributed by atoms with E-state index in [4.69, 9.17) is 16.3 Å². The van der Waals surface area contributed by atoms with Gasteiger partial charge in [0.1, 0.15) is 5.82 Å². The van der Waals surface area contributed by atoms with Crippen LogP contribution in [0.4, 0.5) is 4.39 Å². The highest BCUT2D eigenvalue weighted by molar-refractivity contribution is 6.31. The van der Waals surface area contributed by atoms with Crippen molar-refractivity contribution in [2.45, 2.75) is 31.0 Å². The minimum Gasteiger partial charge on any atom is -0.389 e. The van der Waals surface area contributed by atoms with Gasteiger partial charge in [0.15, 0.2) is 0 Å². The lowest BCUT2D eigenvalue weighted by Gasteiger charge is -2.34. The summed E-state index contributed by atoms with van der Waals surface area (Å²) in [6, 6.07) is 3.59. The molecule has 0 unspecified atom stereocenters. The average Bonchev–Trinajstić information content (AvgIpc) is 2.92. The molecule has 1 aromatic carbocycles. The Balaban J connectivity index is 1.61. The van der Waals surface area contributed by atoms with Crippen LogP contribution in [-0.2, 0) is 4.74 Å². The second-order valence-electron chi connectivity index (χ2n) is 5.99. The predicted octanol–water partition coefficient (Wildman–Crippen LogP) is 1.43. The minimum atomic E-state index is -0.618. The zero-order chi connectivity index (χ0) is 16.4. The fourth-order valence-corrected chi connectivity index (χ4v) is 3.49. The number of carbonyl (C=O) groups excluding carboxylic acids is 1. The van der Waals surface area contributed by atoms with Crippen molar-refractivity contribution < 1.29 is 19.0 Å². The molecule has 5 nitrogen and oxygen atoms in total. The highest BCUT2D eigenvalue weighted by Gasteiger charge is 2.39. The molecule has 2 fully saturated rings. The lowest BCUT2D eigenvalue weighted by molar-refractivity contribution is -0.0154. The zero-order valence-corrected chi connectivity index (χ0v) is 13.4. The first-order valence-corrected chi connectivity index (χ1v) is 8.20. The number of carbonyl (C=O) groups is 1. The van der Waals surface area contributed by atoms with E-state index in [1.54, 1.807) is 0 Å². The standard InChI is InChI=1S/C16H20ClFN2O3/c17-11-9-10(1-2-12(11)18)16(22)19-13-3-4-14(15(13)21)20-5-7-23-8-6-20/h1-2,9,13-15,21H,3-8H2,(H,19,22)/t13-,14-,15-/m1/s1. The maximum atomic E-state index is 13.2. The summed E-state index contributed by atoms with van der Waals surface area (Å²) in [7, 11) is 0. The Kier molecular flexibility index (Phi) is 5.16. The summed E-state index contributed by atoms with van der Waals surface area (Å²) < 4.78 is 18.5. The zero-order valence-electron chi connectivity index (χ0n) is 12.7. The molecule has 3 rings (SSSR count). The molecule has 7 heteroatoms. The van der Waals surface area contributed by atoms with Gasteiger partial charge in [-0.3, -0.25) is 9.69 Å². The molecule has 0 bridgehead atoms. The van der Waals surface area contributed by atoms with Gasteiger partial charge >= 0.3 is 0 Å². The lowest BCUT2D eigenvalue weighted by atomic mass is 10.1. The largest absolute Gasteiger partial charge is 0.389 e. The van der Waals surface area contributed by atoms with Crippen LogP contribution in [0.25, 0.3) is 0 Å². The third kappa shape index (κ3) is 3.66. The molecular formula is C16H20ClFN2O3. The number of ether oxygens (including phenoxy) is 1. The molecule has 2 N–H and O–H groups in total. The van der Waals surface area contributed by atoms with Gasteiger partial charge in [0, 0.05) is 24.7 Å². The van der Waals surface area contributed by atoms with Crippen molar-refractivity contribution in [1.29, 1.82) is 0 Å². The highest BCUT2D eigenvalue weighted by Crippen LogP contribution is 2.26. The third-order valence-electron chi connectivity index (χ3n) is 4.59. The summed E-state index contributed by atoms with van der Waals surface area (Å²) in [6.45, 7) is 2.95. The predicted molar refractivity (Wildman–Crippen MR) is 84.1 cm³/mol. The van der Waals surface area contributed by atoms with E-state index >= 15 is 0 Å². The Hall–Kier alpha value is -1.21. The molecule has 0 radical (unpaired) electrons. The van der Waals surface area contributed by atoms with Crippen LogP contribution in [0.3, 0.4) is 0 Å². The number of morpholine rings is 1. The van der Waals surface area contributed by atoms with E-state index in [2.05, 4.69) is 10.2 Å². The summed E-state index contributed by atoms with van der Waals surface area (Å²) in [6.07, 6.45) is 0.924. The first-order valence-electron chi connectivity index (χ1n) is 7.82. The van der Waals surface area contributed by atoms with E-state index in [0.717, 1.165) is 19.5 Å². The fourth-order valence-electron chi connectivity index (χ4n) is 3.31. The van der Waals surface area contributed by atoms with Crippen molar-refractivity contribution in [3.63, 3.8) is 0 Å². The van der Waals surface area contributed by atoms with Crippen LogP contribution in [0.1, 0.15) is 23.2 Å². The van der Waals surface area contributed by atoms with Gasteiger partial charge in [-0.2, -0.15) is 0 Å². The maximum Gasteiger partial charge on any atom is 0.251 e. The Morgan fingerprint density at radius 2 is 2.09 bits per heavy atom. The lowest BCUT2D eigenvalue weighted by Crippen LogP contribution is -2.51. The monoisotopic (exact) mass is 342 g/mol. The van der Waals surface area contributed by atoms with Crippen LogP contribution in [0.15, 0.2) is 18.2 Å². The average molecular weight is 343 g/mol. The van der Waals surface area contributed by atoms with Crippen molar-refractivity contribution in [2.75, 3.05) is 26.3 Å². The van der Waals surface area contributed by atoms with Crippen LogP contribution in [0.2, 0.25) is 5.02 Å². The number of benzene rings is 1. The summed E-state index contributed by atoms with van der Waals surface area (Å²) in [5.74, 6) is -0.907. The molecule has 1 aliphatic carbocycles. The molecular weight excluding hydrogens is 323 g/mol. The number of rotatable bonds is 3. The Bertz CT molecular complexity index is 580. The molecule has 1 amide bonds. The van der Waals surface area contributed by atoms with Crippen LogP contribution in [0, 0.1) is 5.82 Å². The van der Waals surface area contributed by atoms with Gasteiger partial charge in [-0.05, 0) is 31.0 Å². The molecule has 1 aliphatic heterocycles. The molecule has 0 spiro atoms. The van der Waals surface area contributed by atoms with Crippen LogP contribution in [-0.4, -0.2) is 60.4 Å². The van der Waals surface area contributed by atoms with Crippen molar-refractivity contribution in [1.82, 2.24) is 10.2 Å². The van der Waals surface area contributed by atoms with E-state index in [0.29, 0.717) is 25.2 Å². The van der Waals surface area contributed by atoms with Crippen molar-refractivity contribution in [3.05, 3.63) is 34.6 Å². The van der Waals surface area contributed by atoms with Gasteiger partial charge in [0.2, 0.25) is 0 Å². The van der Waals surface area contributed by atoms with E-state index in [1.807, 2.05) is 0 Å². The van der Waals surface area contributed by atoms with Crippen LogP contribution < -0.4 is 5.32 Å². The van der Waals surface area contributed by atoms with Crippen molar-refractivity contribution in [3.8, 4) is 0 Å². The first-order chi connectivity index (χ1) is 11.1. The van der Waals surface area contributed by atoms with Crippen molar-refractivity contribution in [2.24, 2.45) is 0 Å². The highest BCUT2D eigenvalue weighted by atomic mass is 35.5. The van der Waals surface area contributed by atoms with Crippen LogP contribution >= 0.6 is 11.6 Å². The number of nitrogens with zero attached hydrogens (tertiary/aromatic N) is 1. The Labute approximate surface area is 139 Å². The minimum absolute atomic E-state index is 0.0426. The summed E-state index contributed by atoms with van der Waals surface area (Å²) in [4.78, 5) is 14.5. The molecule has 1 saturated carbocycles. The Morgan fingerprint density at radius 3 is 2.78 bits per heavy atom. The van der Waals surface area contributed by atoms with Crippen LogP contribution in [0.5, 0.6) is 0 Å². The van der Waals surface area contributed by atoms with Gasteiger partial charge < -0.3 is 15.2 Å². The second kappa shape index (κ2) is 7.13. The molecule has 1 heterocycles. The van der Waals surface area contributed by atoms with Gasteiger partial charge in [0.25, 0.3) is 5.91 Å². The molecule has 1 saturated heterocycles. The maximum absolute atomic E-state index is 13.2. The molecule has 3 atom stereocenters. The normalized spacial score (nSPS) is 28.7. The third-order valence-corrected chi connectivity index (χ3v) is 4.88. The fraction of sp³-hybridized carbons (Fsp3) is 0.562. The molecule has 23 heavy (non-hydrogen) atoms. The second-order valence-corrected chi connectivity index (χ2v) is 6.40. The smallest absolute Gasteiger partial charge is 0.251 e. The molecule has 1 aromatic rings. The quantitative estimate of drug-likeness (QED) is 0.872. The topological polar surface area (TPSA) is 61.8 Å². The Morgan fingerprint density at radius 1 is 1.35 bits per heavy atom. The van der Waals surface area contributed by atoms with Crippen molar-refractivity contribution >= 4 is 17.5 Å². The number of aliphatic hydroxyl groups excluding tert-OH is 1. The van der Waals surface area contributed by atoms with E-state index in [1.165, 1.54) is 18.2 Å². The number of halogens is 2. The number of nitrogens with one attached hydrogen (secondary N) is 1. The number of aliphatic hydroxyl groups is 1. The van der Waals surface area contributed by atoms with Gasteiger partial charge in [0.05, 0.1) is 30.4 Å². The van der Waals surface area contributed by atoms with Gasteiger partial charge in [-0.1, -0.05) is 11.6 Å². The van der Waals surface area contributed by atoms with E-state index in [9.17, 15) is 14.3 Å². The van der Waals surface area contributed by atoms with E-state index < -0.39 is 11.9 Å². The number of hydrogen-bond donors (Lipinski definition) is 2. The summed E-state index contributed by atoms with van der Waals surface area (Å²) in [5.41, 5.74) is 0.290. The molecule has 126 valence electrons. The van der Waals surface area contributed by atoms with Gasteiger partial charge in [-0.15, -0.1) is 0 Å². The molecule has 0 aromatic heterocycles. The number of amides is 1. The summed E-state index contributed by atoms with van der Waals surface area (Å²) in [5, 5.41) is 13.3. The molecule has 2 aliphatic rings.